The fourth-order valence-corrected chi connectivity index (χ4v) is 1.08. The number of hydrogen-bond donors (Lipinski definition) is 0. The van der Waals surface area contributed by atoms with Gasteiger partial charge in [-0.25, -0.2) is 0 Å². The van der Waals surface area contributed by atoms with Gasteiger partial charge in [0.1, 0.15) is 0 Å². The van der Waals surface area contributed by atoms with Crippen LogP contribution in [0.2, 0.25) is 0 Å². The quantitative estimate of drug-likeness (QED) is 0.579. The molecule has 0 spiro atoms. The molecule has 0 amide bonds. The van der Waals surface area contributed by atoms with Crippen LogP contribution in [0.4, 0.5) is 0 Å². The van der Waals surface area contributed by atoms with E-state index in [9.17, 15) is 0 Å². The Morgan fingerprint density at radius 1 is 1.64 bits per heavy atom. The van der Waals surface area contributed by atoms with Gasteiger partial charge in [-0.2, -0.15) is 5.26 Å². The van der Waals surface area contributed by atoms with Crippen molar-refractivity contribution in [2.75, 3.05) is 6.61 Å². The molecule has 1 aliphatic heterocycles. The molecule has 1 heterocycles. The van der Waals surface area contributed by atoms with Crippen LogP contribution in [0.15, 0.2) is 0 Å². The molecule has 0 aromatic carbocycles. The molecule has 0 radical (unpaired) electrons. The van der Waals surface area contributed by atoms with Crippen molar-refractivity contribution in [1.82, 2.24) is 0 Å². The van der Waals surface area contributed by atoms with E-state index in [-0.39, 0.29) is 12.4 Å². The maximum atomic E-state index is 8.26. The molecular weight excluding hydrogens is 142 g/mol. The highest BCUT2D eigenvalue weighted by molar-refractivity contribution is 4.69. The van der Waals surface area contributed by atoms with Crippen molar-refractivity contribution in [1.29, 1.82) is 5.26 Å². The lowest BCUT2D eigenvalue weighted by Crippen LogP contribution is -2.08. The summed E-state index contributed by atoms with van der Waals surface area (Å²) in [4.78, 5) is 0. The summed E-state index contributed by atoms with van der Waals surface area (Å²) >= 11 is 0. The zero-order chi connectivity index (χ0) is 8.10. The van der Waals surface area contributed by atoms with E-state index >= 15 is 0 Å². The molecule has 1 rings (SSSR count). The standard InChI is InChI=1S/C8H13NO2/c1-7-6-10-8(11-7)4-2-3-5-9/h7-8H,2-4,6H2,1H3. The third-order valence-corrected chi connectivity index (χ3v) is 1.63. The smallest absolute Gasteiger partial charge is 0.158 e. The Labute approximate surface area is 66.9 Å². The number of nitriles is 1. The molecule has 0 saturated carbocycles. The fourth-order valence-electron chi connectivity index (χ4n) is 1.08. The minimum atomic E-state index is -0.0571. The van der Waals surface area contributed by atoms with Crippen molar-refractivity contribution in [2.45, 2.75) is 38.6 Å². The van der Waals surface area contributed by atoms with Crippen molar-refractivity contribution in [3.8, 4) is 6.07 Å². The maximum Gasteiger partial charge on any atom is 0.158 e. The molecule has 3 heteroatoms. The molecule has 0 aromatic rings. The van der Waals surface area contributed by atoms with Gasteiger partial charge in [0, 0.05) is 6.42 Å². The predicted octanol–water partition coefficient (Wildman–Crippen LogP) is 1.44. The second-order valence-corrected chi connectivity index (χ2v) is 2.76. The van der Waals surface area contributed by atoms with Crippen LogP contribution in [0, 0.1) is 11.3 Å². The van der Waals surface area contributed by atoms with E-state index in [1.807, 2.05) is 6.92 Å². The molecule has 2 atom stereocenters. The van der Waals surface area contributed by atoms with Gasteiger partial charge >= 0.3 is 0 Å². The van der Waals surface area contributed by atoms with Crippen LogP contribution in [0.5, 0.6) is 0 Å². The number of unbranched alkanes of at least 4 members (excludes halogenated alkanes) is 1. The van der Waals surface area contributed by atoms with Crippen molar-refractivity contribution in [2.24, 2.45) is 0 Å². The molecule has 0 aromatic heterocycles. The van der Waals surface area contributed by atoms with Crippen molar-refractivity contribution in [3.63, 3.8) is 0 Å². The number of rotatable bonds is 3. The van der Waals surface area contributed by atoms with Gasteiger partial charge in [-0.15, -0.1) is 0 Å². The summed E-state index contributed by atoms with van der Waals surface area (Å²) in [6.07, 6.45) is 2.48. The summed E-state index contributed by atoms with van der Waals surface area (Å²) < 4.78 is 10.7. The second kappa shape index (κ2) is 4.32. The van der Waals surface area contributed by atoms with Crippen molar-refractivity contribution >= 4 is 0 Å². The fraction of sp³-hybridized carbons (Fsp3) is 0.875. The van der Waals surface area contributed by atoms with Crippen LogP contribution in [-0.4, -0.2) is 19.0 Å². The summed E-state index contributed by atoms with van der Waals surface area (Å²) in [6.45, 7) is 2.68. The van der Waals surface area contributed by atoms with Gasteiger partial charge in [-0.1, -0.05) is 0 Å². The Balaban J connectivity index is 2.05. The Morgan fingerprint density at radius 2 is 2.45 bits per heavy atom. The first-order valence-electron chi connectivity index (χ1n) is 3.97. The molecular formula is C8H13NO2. The average molecular weight is 155 g/mol. The van der Waals surface area contributed by atoms with Crippen LogP contribution in [0.25, 0.3) is 0 Å². The van der Waals surface area contributed by atoms with E-state index in [0.29, 0.717) is 13.0 Å². The molecule has 1 fully saturated rings. The Morgan fingerprint density at radius 3 is 3.00 bits per heavy atom. The summed E-state index contributed by atoms with van der Waals surface area (Å²) in [5.74, 6) is 0. The van der Waals surface area contributed by atoms with E-state index in [1.165, 1.54) is 0 Å². The van der Waals surface area contributed by atoms with E-state index < -0.39 is 0 Å². The molecule has 0 N–H and O–H groups in total. The molecule has 3 nitrogen and oxygen atoms in total. The van der Waals surface area contributed by atoms with E-state index in [4.69, 9.17) is 14.7 Å². The largest absolute Gasteiger partial charge is 0.350 e. The van der Waals surface area contributed by atoms with E-state index in [1.54, 1.807) is 0 Å². The van der Waals surface area contributed by atoms with Crippen LogP contribution in [-0.2, 0) is 9.47 Å². The minimum Gasteiger partial charge on any atom is -0.350 e. The summed E-state index contributed by atoms with van der Waals surface area (Å²) in [6, 6.07) is 2.09. The molecule has 1 aliphatic rings. The highest BCUT2D eigenvalue weighted by Gasteiger charge is 2.21. The van der Waals surface area contributed by atoms with Gasteiger partial charge in [0.2, 0.25) is 0 Å². The van der Waals surface area contributed by atoms with Gasteiger partial charge in [0.05, 0.1) is 18.8 Å². The zero-order valence-corrected chi connectivity index (χ0v) is 6.75. The SMILES string of the molecule is CC1COC(CCCC#N)O1. The molecule has 11 heavy (non-hydrogen) atoms. The Kier molecular flexibility index (Phi) is 3.34. The summed E-state index contributed by atoms with van der Waals surface area (Å²) in [5, 5.41) is 8.26. The highest BCUT2D eigenvalue weighted by atomic mass is 16.7. The Bertz CT molecular complexity index is 153. The third kappa shape index (κ3) is 2.87. The van der Waals surface area contributed by atoms with E-state index in [2.05, 4.69) is 6.07 Å². The van der Waals surface area contributed by atoms with Gasteiger partial charge in [0.15, 0.2) is 6.29 Å². The van der Waals surface area contributed by atoms with Gasteiger partial charge < -0.3 is 9.47 Å². The minimum absolute atomic E-state index is 0.0571. The summed E-state index contributed by atoms with van der Waals surface area (Å²) in [5.41, 5.74) is 0. The lowest BCUT2D eigenvalue weighted by Gasteiger charge is -2.06. The van der Waals surface area contributed by atoms with Gasteiger partial charge in [-0.3, -0.25) is 0 Å². The average Bonchev–Trinajstić information content (AvgIpc) is 2.37. The molecule has 2 unspecified atom stereocenters. The Hall–Kier alpha value is -0.590. The van der Waals surface area contributed by atoms with Crippen molar-refractivity contribution in [3.05, 3.63) is 0 Å². The van der Waals surface area contributed by atoms with Crippen molar-refractivity contribution < 1.29 is 9.47 Å². The lowest BCUT2D eigenvalue weighted by atomic mass is 10.2. The number of nitrogens with zero attached hydrogens (tertiary/aromatic N) is 1. The molecule has 0 bridgehead atoms. The van der Waals surface area contributed by atoms with E-state index in [0.717, 1.165) is 12.8 Å². The molecule has 1 saturated heterocycles. The second-order valence-electron chi connectivity index (χ2n) is 2.76. The number of ether oxygens (including phenoxy) is 2. The van der Waals surface area contributed by atoms with Crippen LogP contribution >= 0.6 is 0 Å². The molecule has 0 aliphatic carbocycles. The first kappa shape index (κ1) is 8.51. The third-order valence-electron chi connectivity index (χ3n) is 1.63. The predicted molar refractivity (Wildman–Crippen MR) is 39.8 cm³/mol. The first-order chi connectivity index (χ1) is 5.33. The number of hydrogen-bond acceptors (Lipinski definition) is 3. The molecule has 62 valence electrons. The van der Waals surface area contributed by atoms with Crippen LogP contribution < -0.4 is 0 Å². The van der Waals surface area contributed by atoms with Gasteiger partial charge in [-0.05, 0) is 19.8 Å². The lowest BCUT2D eigenvalue weighted by molar-refractivity contribution is -0.0598. The highest BCUT2D eigenvalue weighted by Crippen LogP contribution is 2.15. The monoisotopic (exact) mass is 155 g/mol. The van der Waals surface area contributed by atoms with Crippen LogP contribution in [0.3, 0.4) is 0 Å². The topological polar surface area (TPSA) is 42.2 Å². The summed E-state index contributed by atoms with van der Waals surface area (Å²) in [7, 11) is 0. The maximum absolute atomic E-state index is 8.26. The normalized spacial score (nSPS) is 30.2. The zero-order valence-electron chi connectivity index (χ0n) is 6.75. The first-order valence-corrected chi connectivity index (χ1v) is 3.97. The van der Waals surface area contributed by atoms with Crippen LogP contribution in [0.1, 0.15) is 26.2 Å². The van der Waals surface area contributed by atoms with Gasteiger partial charge in [0.25, 0.3) is 0 Å².